The molecule has 5 nitrogen and oxygen atoms in total. The fourth-order valence-electron chi connectivity index (χ4n) is 1.34. The van der Waals surface area contributed by atoms with Gasteiger partial charge < -0.3 is 4.74 Å². The third-order valence-corrected chi connectivity index (χ3v) is 3.02. The summed E-state index contributed by atoms with van der Waals surface area (Å²) in [6.07, 6.45) is -0.480. The Labute approximate surface area is 104 Å². The van der Waals surface area contributed by atoms with Gasteiger partial charge in [0.15, 0.2) is 0 Å². The number of rotatable bonds is 3. The van der Waals surface area contributed by atoms with E-state index in [4.69, 9.17) is 4.74 Å². The van der Waals surface area contributed by atoms with Crippen molar-refractivity contribution in [2.24, 2.45) is 5.10 Å². The van der Waals surface area contributed by atoms with E-state index in [0.29, 0.717) is 12.5 Å². The third-order valence-electron chi connectivity index (χ3n) is 2.05. The molecule has 1 aromatic rings. The van der Waals surface area contributed by atoms with Gasteiger partial charge in [0, 0.05) is 5.56 Å². The molecular weight excluding hydrogens is 238 g/mol. The van der Waals surface area contributed by atoms with Crippen LogP contribution in [0.25, 0.3) is 0 Å². The van der Waals surface area contributed by atoms with Gasteiger partial charge in [0.25, 0.3) is 0 Å². The average molecular weight is 251 g/mol. The first-order valence-corrected chi connectivity index (χ1v) is 6.26. The Hall–Kier alpha value is -1.69. The van der Waals surface area contributed by atoms with E-state index < -0.39 is 6.09 Å². The highest BCUT2D eigenvalue weighted by atomic mass is 32.2. The summed E-state index contributed by atoms with van der Waals surface area (Å²) in [6.45, 7) is 2.11. The number of ether oxygens (including phenoxy) is 1. The topological polar surface area (TPSA) is 53.9 Å². The second-order valence-electron chi connectivity index (χ2n) is 3.28. The van der Waals surface area contributed by atoms with Crippen LogP contribution in [0.5, 0.6) is 0 Å². The molecule has 1 aromatic carbocycles. The minimum absolute atomic E-state index is 0.349. The first-order valence-electron chi connectivity index (χ1n) is 5.27. The highest BCUT2D eigenvalue weighted by Gasteiger charge is 2.18. The summed E-state index contributed by atoms with van der Waals surface area (Å²) < 4.78 is 4.77. The van der Waals surface area contributed by atoms with Crippen LogP contribution in [0.3, 0.4) is 0 Å². The summed E-state index contributed by atoms with van der Waals surface area (Å²) >= 11 is 1.57. The first kappa shape index (κ1) is 11.8. The van der Waals surface area contributed by atoms with Gasteiger partial charge in [-0.1, -0.05) is 42.1 Å². The maximum Gasteiger partial charge on any atom is 0.427 e. The lowest BCUT2D eigenvalue weighted by molar-refractivity contribution is 0.120. The van der Waals surface area contributed by atoms with Crippen LogP contribution in [-0.4, -0.2) is 28.7 Å². The van der Waals surface area contributed by atoms with Gasteiger partial charge in [-0.2, -0.15) is 5.12 Å². The molecule has 17 heavy (non-hydrogen) atoms. The summed E-state index contributed by atoms with van der Waals surface area (Å²) in [5.41, 5.74) is 3.59. The molecule has 0 spiro atoms. The van der Waals surface area contributed by atoms with Crippen LogP contribution in [0.15, 0.2) is 35.4 Å². The van der Waals surface area contributed by atoms with Crippen LogP contribution in [-0.2, 0) is 4.74 Å². The standard InChI is InChI=1S/C11H13N3O2S/c1-2-16-11(15)13-14-8-17-10(12-14)9-6-4-3-5-7-9/h3-7H,2,8H2,1H3,(H,13,15). The summed E-state index contributed by atoms with van der Waals surface area (Å²) in [7, 11) is 0. The number of hydrazone groups is 1. The number of thioether (sulfide) groups is 1. The lowest BCUT2D eigenvalue weighted by atomic mass is 10.2. The maximum absolute atomic E-state index is 11.2. The summed E-state index contributed by atoms with van der Waals surface area (Å²) in [4.78, 5) is 11.2. The fourth-order valence-corrected chi connectivity index (χ4v) is 2.16. The molecule has 0 saturated heterocycles. The molecule has 0 fully saturated rings. The molecule has 2 rings (SSSR count). The van der Waals surface area contributed by atoms with E-state index in [2.05, 4.69) is 10.5 Å². The second kappa shape index (κ2) is 5.58. The van der Waals surface area contributed by atoms with Crippen LogP contribution in [0, 0.1) is 0 Å². The quantitative estimate of drug-likeness (QED) is 0.893. The fraction of sp³-hybridized carbons (Fsp3) is 0.273. The molecule has 0 unspecified atom stereocenters. The van der Waals surface area contributed by atoms with Crippen LogP contribution < -0.4 is 5.43 Å². The predicted octanol–water partition coefficient (Wildman–Crippen LogP) is 2.02. The number of hydrazine groups is 1. The number of nitrogens with zero attached hydrogens (tertiary/aromatic N) is 2. The Morgan fingerprint density at radius 1 is 1.53 bits per heavy atom. The van der Waals surface area contributed by atoms with E-state index in [0.717, 1.165) is 10.6 Å². The summed E-state index contributed by atoms with van der Waals surface area (Å²) in [6, 6.07) is 9.84. The second-order valence-corrected chi connectivity index (χ2v) is 4.21. The number of hydrogen-bond donors (Lipinski definition) is 1. The van der Waals surface area contributed by atoms with Crippen molar-refractivity contribution < 1.29 is 9.53 Å². The number of carbonyl (C=O) groups excluding carboxylic acids is 1. The highest BCUT2D eigenvalue weighted by molar-refractivity contribution is 8.14. The molecule has 0 aromatic heterocycles. The number of nitrogens with one attached hydrogen (secondary N) is 1. The Morgan fingerprint density at radius 3 is 3.00 bits per heavy atom. The molecule has 1 aliphatic rings. The molecule has 1 heterocycles. The monoisotopic (exact) mass is 251 g/mol. The lowest BCUT2D eigenvalue weighted by Crippen LogP contribution is -2.37. The van der Waals surface area contributed by atoms with Gasteiger partial charge in [-0.15, -0.1) is 5.10 Å². The molecule has 6 heteroatoms. The number of amides is 1. The van der Waals surface area contributed by atoms with Gasteiger partial charge >= 0.3 is 6.09 Å². The van der Waals surface area contributed by atoms with E-state index in [1.165, 1.54) is 5.12 Å². The zero-order valence-corrected chi connectivity index (χ0v) is 10.2. The molecule has 1 aliphatic heterocycles. The lowest BCUT2D eigenvalue weighted by Gasteiger charge is -2.12. The Balaban J connectivity index is 1.97. The number of benzene rings is 1. The van der Waals surface area contributed by atoms with Crippen molar-refractivity contribution in [3.63, 3.8) is 0 Å². The van der Waals surface area contributed by atoms with E-state index in [-0.39, 0.29) is 0 Å². The Kier molecular flexibility index (Phi) is 3.87. The van der Waals surface area contributed by atoms with Crippen LogP contribution in [0.1, 0.15) is 12.5 Å². The first-order chi connectivity index (χ1) is 8.29. The largest absolute Gasteiger partial charge is 0.449 e. The van der Waals surface area contributed by atoms with Crippen molar-refractivity contribution in [3.8, 4) is 0 Å². The van der Waals surface area contributed by atoms with Crippen molar-refractivity contribution in [3.05, 3.63) is 35.9 Å². The smallest absolute Gasteiger partial charge is 0.427 e. The minimum atomic E-state index is -0.480. The summed E-state index contributed by atoms with van der Waals surface area (Å²) in [5.74, 6) is 0.586. The van der Waals surface area contributed by atoms with Crippen molar-refractivity contribution in [2.45, 2.75) is 6.92 Å². The third kappa shape index (κ3) is 3.13. The van der Waals surface area contributed by atoms with Gasteiger partial charge in [0.2, 0.25) is 0 Å². The van der Waals surface area contributed by atoms with E-state index in [9.17, 15) is 4.79 Å². The zero-order valence-electron chi connectivity index (χ0n) is 9.42. The van der Waals surface area contributed by atoms with Gasteiger partial charge in [0.05, 0.1) is 6.61 Å². The molecular formula is C11H13N3O2S. The van der Waals surface area contributed by atoms with Crippen LogP contribution >= 0.6 is 11.8 Å². The maximum atomic E-state index is 11.2. The van der Waals surface area contributed by atoms with E-state index >= 15 is 0 Å². The van der Waals surface area contributed by atoms with E-state index in [1.54, 1.807) is 18.7 Å². The molecule has 1 N–H and O–H groups in total. The molecule has 0 atom stereocenters. The average Bonchev–Trinajstić information content (AvgIpc) is 2.79. The minimum Gasteiger partial charge on any atom is -0.449 e. The van der Waals surface area contributed by atoms with Crippen molar-refractivity contribution in [1.29, 1.82) is 0 Å². The molecule has 90 valence electrons. The predicted molar refractivity (Wildman–Crippen MR) is 67.4 cm³/mol. The molecule has 0 saturated carbocycles. The molecule has 1 amide bonds. The van der Waals surface area contributed by atoms with Crippen LogP contribution in [0.4, 0.5) is 4.79 Å². The van der Waals surface area contributed by atoms with Crippen molar-refractivity contribution in [1.82, 2.24) is 10.5 Å². The zero-order chi connectivity index (χ0) is 12.1. The SMILES string of the molecule is CCOC(=O)NN1CSC(c2ccccc2)=N1. The molecule has 0 aliphatic carbocycles. The molecule has 0 bridgehead atoms. The normalized spacial score (nSPS) is 14.4. The highest BCUT2D eigenvalue weighted by Crippen LogP contribution is 2.20. The number of hydrogen-bond acceptors (Lipinski definition) is 5. The van der Waals surface area contributed by atoms with E-state index in [1.807, 2.05) is 30.3 Å². The summed E-state index contributed by atoms with van der Waals surface area (Å²) in [5, 5.41) is 6.65. The Morgan fingerprint density at radius 2 is 2.29 bits per heavy atom. The Bertz CT molecular complexity index is 422. The van der Waals surface area contributed by atoms with Gasteiger partial charge in [-0.25, -0.2) is 10.2 Å². The van der Waals surface area contributed by atoms with Crippen molar-refractivity contribution in [2.75, 3.05) is 12.5 Å². The van der Waals surface area contributed by atoms with Gasteiger partial charge in [-0.05, 0) is 6.92 Å². The number of carbonyl (C=O) groups is 1. The van der Waals surface area contributed by atoms with Crippen molar-refractivity contribution >= 4 is 22.9 Å². The van der Waals surface area contributed by atoms with Gasteiger partial charge in [0.1, 0.15) is 10.9 Å². The van der Waals surface area contributed by atoms with Gasteiger partial charge in [-0.3, -0.25) is 0 Å². The molecule has 0 radical (unpaired) electrons. The van der Waals surface area contributed by atoms with Crippen LogP contribution in [0.2, 0.25) is 0 Å².